The Hall–Kier alpha value is -3.85. The number of fused-ring (bicyclic) bond motifs is 2. The van der Waals surface area contributed by atoms with Crippen LogP contribution in [-0.4, -0.2) is 61.6 Å². The summed E-state index contributed by atoms with van der Waals surface area (Å²) < 4.78 is 18.4. The number of carbonyl (C=O) groups excluding carboxylic acids is 2. The van der Waals surface area contributed by atoms with Crippen LogP contribution in [0.4, 0.5) is 4.39 Å². The van der Waals surface area contributed by atoms with Crippen molar-refractivity contribution in [3.63, 3.8) is 0 Å². The van der Waals surface area contributed by atoms with E-state index in [1.165, 1.54) is 12.1 Å². The van der Waals surface area contributed by atoms with Gasteiger partial charge in [0.25, 0.3) is 0 Å². The van der Waals surface area contributed by atoms with E-state index in [4.69, 9.17) is 0 Å². The van der Waals surface area contributed by atoms with Crippen LogP contribution in [-0.2, 0) is 4.79 Å². The number of piperidine rings is 2. The summed E-state index contributed by atoms with van der Waals surface area (Å²) in [7, 11) is 0. The molecule has 1 N–H and O–H groups in total. The van der Waals surface area contributed by atoms with E-state index in [1.807, 2.05) is 46.3 Å². The Morgan fingerprint density at radius 2 is 1.93 bits per heavy atom. The van der Waals surface area contributed by atoms with Gasteiger partial charge in [-0.1, -0.05) is 0 Å². The predicted octanol–water partition coefficient (Wildman–Crippen LogP) is 4.64. The number of hydrogen-bond donors (Lipinski definition) is 1. The minimum atomic E-state index is -0.340. The van der Waals surface area contributed by atoms with Gasteiger partial charge in [-0.3, -0.25) is 19.3 Å². The highest BCUT2D eigenvalue weighted by atomic mass is 19.1. The van der Waals surface area contributed by atoms with Gasteiger partial charge < -0.3 is 14.8 Å². The fourth-order valence-corrected chi connectivity index (χ4v) is 6.73. The fourth-order valence-electron chi connectivity index (χ4n) is 6.73. The van der Waals surface area contributed by atoms with Crippen molar-refractivity contribution in [2.75, 3.05) is 19.6 Å². The number of Topliss-reactive ketones (excluding diaryl/α,β-unsaturated/α-hetero) is 1. The average molecular weight is 541 g/mol. The van der Waals surface area contributed by atoms with Gasteiger partial charge in [0.15, 0.2) is 5.78 Å². The maximum atomic E-state index is 14.6. The lowest BCUT2D eigenvalue weighted by Crippen LogP contribution is -2.49. The van der Waals surface area contributed by atoms with E-state index >= 15 is 0 Å². The zero-order valence-electron chi connectivity index (χ0n) is 22.8. The fraction of sp³-hybridized carbons (Fsp3) is 0.419. The molecule has 2 saturated heterocycles. The van der Waals surface area contributed by atoms with Gasteiger partial charge in [0, 0.05) is 60.2 Å². The third-order valence-corrected chi connectivity index (χ3v) is 8.98. The molecule has 0 unspecified atom stereocenters. The Balaban J connectivity index is 1.20. The van der Waals surface area contributed by atoms with Crippen LogP contribution in [0, 0.1) is 23.6 Å². The summed E-state index contributed by atoms with van der Waals surface area (Å²) >= 11 is 0. The van der Waals surface area contributed by atoms with Crippen LogP contribution in [0.5, 0.6) is 0 Å². The molecule has 3 aromatic heterocycles. The molecule has 0 radical (unpaired) electrons. The van der Waals surface area contributed by atoms with Crippen molar-refractivity contribution in [3.05, 3.63) is 66.5 Å². The number of ketones is 1. The van der Waals surface area contributed by atoms with E-state index in [1.54, 1.807) is 24.7 Å². The standard InChI is InChI=1S/C31H33FN6O2/c1-18(2)38-27(6-10-35-38)24-14-21(32)3-4-26(24)37-17-25(22-5-9-33-16-28(22)37)30(39)19-7-11-36(12-8-19)31(40)29-23-13-20(23)15-34-29/h3-6,9-10,14,16-20,23,29,34H,7-8,11-13,15H2,1-2H3/t20-,23-,29-/m0/s1. The molecule has 206 valence electrons. The predicted molar refractivity (Wildman–Crippen MR) is 150 cm³/mol. The first-order valence-corrected chi connectivity index (χ1v) is 14.3. The second-order valence-electron chi connectivity index (χ2n) is 11.7. The number of pyridine rings is 1. The van der Waals surface area contributed by atoms with Crippen molar-refractivity contribution in [2.24, 2.45) is 17.8 Å². The van der Waals surface area contributed by atoms with Crippen molar-refractivity contribution < 1.29 is 14.0 Å². The van der Waals surface area contributed by atoms with Gasteiger partial charge in [0.2, 0.25) is 5.91 Å². The van der Waals surface area contributed by atoms with E-state index in [-0.39, 0.29) is 35.5 Å². The highest BCUT2D eigenvalue weighted by Crippen LogP contribution is 2.45. The van der Waals surface area contributed by atoms with E-state index < -0.39 is 0 Å². The molecule has 8 nitrogen and oxygen atoms in total. The number of rotatable bonds is 6. The van der Waals surface area contributed by atoms with Gasteiger partial charge in [-0.05, 0) is 81.8 Å². The molecule has 1 amide bonds. The SMILES string of the molecule is CC(C)n1nccc1-c1cc(F)ccc1-n1cc(C(=O)C2CCN(C(=O)[C@H]3NC[C@@H]4C[C@@H]43)CC2)c2ccncc21. The largest absolute Gasteiger partial charge is 0.341 e. The molecule has 0 spiro atoms. The number of carbonyl (C=O) groups is 2. The van der Waals surface area contributed by atoms with Crippen molar-refractivity contribution in [1.82, 2.24) is 29.5 Å². The molecule has 5 heterocycles. The smallest absolute Gasteiger partial charge is 0.240 e. The van der Waals surface area contributed by atoms with Gasteiger partial charge in [0.05, 0.1) is 29.1 Å². The Morgan fingerprint density at radius 1 is 1.10 bits per heavy atom. The number of nitrogens with one attached hydrogen (secondary N) is 1. The zero-order valence-corrected chi connectivity index (χ0v) is 22.8. The maximum absolute atomic E-state index is 14.6. The van der Waals surface area contributed by atoms with E-state index in [2.05, 4.69) is 15.4 Å². The summed E-state index contributed by atoms with van der Waals surface area (Å²) in [5.74, 6) is 0.959. The molecule has 4 aromatic rings. The third kappa shape index (κ3) is 4.15. The summed E-state index contributed by atoms with van der Waals surface area (Å²) in [5, 5.41) is 8.65. The number of likely N-dealkylation sites (tertiary alicyclic amines) is 1. The molecule has 9 heteroatoms. The zero-order chi connectivity index (χ0) is 27.5. The van der Waals surface area contributed by atoms with E-state index in [9.17, 15) is 14.0 Å². The molecule has 3 fully saturated rings. The quantitative estimate of drug-likeness (QED) is 0.360. The lowest BCUT2D eigenvalue weighted by Gasteiger charge is -2.33. The van der Waals surface area contributed by atoms with Crippen molar-refractivity contribution in [1.29, 1.82) is 0 Å². The molecule has 2 aliphatic heterocycles. The van der Waals surface area contributed by atoms with Crippen LogP contribution in [0.1, 0.15) is 49.5 Å². The number of halogens is 1. The van der Waals surface area contributed by atoms with E-state index in [0.717, 1.165) is 35.2 Å². The number of benzene rings is 1. The van der Waals surface area contributed by atoms with Crippen LogP contribution in [0.15, 0.2) is 55.1 Å². The topological polar surface area (TPSA) is 85.0 Å². The minimum absolute atomic E-state index is 0.0420. The van der Waals surface area contributed by atoms with Crippen LogP contribution in [0.25, 0.3) is 27.8 Å². The molecular weight excluding hydrogens is 507 g/mol. The second-order valence-corrected chi connectivity index (χ2v) is 11.7. The van der Waals surface area contributed by atoms with Gasteiger partial charge in [-0.25, -0.2) is 4.39 Å². The van der Waals surface area contributed by atoms with Gasteiger partial charge >= 0.3 is 0 Å². The molecule has 3 aliphatic rings. The molecular formula is C31H33FN6O2. The summed E-state index contributed by atoms with van der Waals surface area (Å²) in [5.41, 5.74) is 3.66. The van der Waals surface area contributed by atoms with Crippen molar-refractivity contribution >= 4 is 22.6 Å². The van der Waals surface area contributed by atoms with Crippen molar-refractivity contribution in [3.8, 4) is 16.9 Å². The molecule has 40 heavy (non-hydrogen) atoms. The van der Waals surface area contributed by atoms with Crippen LogP contribution < -0.4 is 5.32 Å². The van der Waals surface area contributed by atoms with Crippen molar-refractivity contribution in [2.45, 2.75) is 45.2 Å². The van der Waals surface area contributed by atoms with Gasteiger partial charge in [0.1, 0.15) is 5.82 Å². The summed E-state index contributed by atoms with van der Waals surface area (Å²) in [6, 6.07) is 8.51. The average Bonchev–Trinajstić information content (AvgIpc) is 3.31. The number of amides is 1. The second kappa shape index (κ2) is 9.66. The van der Waals surface area contributed by atoms with Crippen LogP contribution in [0.2, 0.25) is 0 Å². The summed E-state index contributed by atoms with van der Waals surface area (Å²) in [6.45, 7) is 6.23. The Morgan fingerprint density at radius 3 is 2.65 bits per heavy atom. The molecule has 1 aromatic carbocycles. The number of nitrogens with zero attached hydrogens (tertiary/aromatic N) is 5. The molecule has 3 atom stereocenters. The Kier molecular flexibility index (Phi) is 6.07. The summed E-state index contributed by atoms with van der Waals surface area (Å²) in [4.78, 5) is 33.3. The number of hydrogen-bond acceptors (Lipinski definition) is 5. The number of aromatic nitrogens is 4. The van der Waals surface area contributed by atoms with Gasteiger partial charge in [-0.15, -0.1) is 0 Å². The molecule has 0 bridgehead atoms. The first-order chi connectivity index (χ1) is 19.4. The first kappa shape index (κ1) is 25.1. The summed E-state index contributed by atoms with van der Waals surface area (Å²) in [6.07, 6.45) is 9.50. The van der Waals surface area contributed by atoms with Gasteiger partial charge in [-0.2, -0.15) is 5.10 Å². The van der Waals surface area contributed by atoms with Crippen LogP contribution in [0.3, 0.4) is 0 Å². The normalized spacial score (nSPS) is 22.7. The highest BCUT2D eigenvalue weighted by molar-refractivity contribution is 6.09. The monoisotopic (exact) mass is 540 g/mol. The lowest BCUT2D eigenvalue weighted by molar-refractivity contribution is -0.134. The van der Waals surface area contributed by atoms with Crippen LogP contribution >= 0.6 is 0 Å². The Labute approximate surface area is 232 Å². The maximum Gasteiger partial charge on any atom is 0.240 e. The minimum Gasteiger partial charge on any atom is -0.341 e. The first-order valence-electron chi connectivity index (χ1n) is 14.3. The highest BCUT2D eigenvalue weighted by Gasteiger charge is 2.52. The molecule has 1 aliphatic carbocycles. The Bertz CT molecular complexity index is 1620. The lowest BCUT2D eigenvalue weighted by atomic mass is 9.88. The third-order valence-electron chi connectivity index (χ3n) is 8.98. The molecule has 1 saturated carbocycles. The molecule has 7 rings (SSSR count). The van der Waals surface area contributed by atoms with E-state index in [0.29, 0.717) is 48.9 Å².